The van der Waals surface area contributed by atoms with Crippen molar-refractivity contribution in [1.82, 2.24) is 15.6 Å². The zero-order valence-electron chi connectivity index (χ0n) is 13.4. The van der Waals surface area contributed by atoms with Crippen LogP contribution in [0.3, 0.4) is 0 Å². The van der Waals surface area contributed by atoms with Crippen LogP contribution < -0.4 is 10.6 Å². The Morgan fingerprint density at radius 1 is 1.23 bits per heavy atom. The first kappa shape index (κ1) is 16.3. The van der Waals surface area contributed by atoms with Crippen LogP contribution in [0.15, 0.2) is 29.4 Å². The molecule has 0 fully saturated rings. The van der Waals surface area contributed by atoms with E-state index in [1.54, 1.807) is 19.2 Å². The summed E-state index contributed by atoms with van der Waals surface area (Å²) in [5, 5.41) is 7.55. The minimum atomic E-state index is -0.199. The fourth-order valence-corrected chi connectivity index (χ4v) is 2.48. The standard InChI is InChI=1S/C17H25FN4/c1-3-4-5-9-20-17(19-2)21-10-8-13-12-22-16-7-6-14(18)11-15(13)16/h6-7,11-12,22H,3-5,8-10H2,1-2H3,(H2,19,20,21). The van der Waals surface area contributed by atoms with Crippen LogP contribution in [0.4, 0.5) is 4.39 Å². The van der Waals surface area contributed by atoms with E-state index in [2.05, 4.69) is 27.5 Å². The van der Waals surface area contributed by atoms with Crippen molar-refractivity contribution in [2.24, 2.45) is 4.99 Å². The lowest BCUT2D eigenvalue weighted by Crippen LogP contribution is -2.38. The smallest absolute Gasteiger partial charge is 0.190 e. The highest BCUT2D eigenvalue weighted by molar-refractivity contribution is 5.83. The van der Waals surface area contributed by atoms with Crippen molar-refractivity contribution in [3.05, 3.63) is 35.8 Å². The Hall–Kier alpha value is -2.04. The van der Waals surface area contributed by atoms with E-state index in [0.717, 1.165) is 48.4 Å². The molecule has 0 saturated carbocycles. The van der Waals surface area contributed by atoms with Crippen LogP contribution in [-0.4, -0.2) is 31.1 Å². The number of halogens is 1. The average Bonchev–Trinajstić information content (AvgIpc) is 2.92. The van der Waals surface area contributed by atoms with Crippen molar-refractivity contribution in [1.29, 1.82) is 0 Å². The van der Waals surface area contributed by atoms with Crippen LogP contribution in [0.5, 0.6) is 0 Å². The summed E-state index contributed by atoms with van der Waals surface area (Å²) in [7, 11) is 1.77. The molecule has 1 heterocycles. The first-order chi connectivity index (χ1) is 10.7. The number of nitrogens with one attached hydrogen (secondary N) is 3. The number of fused-ring (bicyclic) bond motifs is 1. The largest absolute Gasteiger partial charge is 0.361 e. The van der Waals surface area contributed by atoms with Crippen molar-refractivity contribution in [2.75, 3.05) is 20.1 Å². The summed E-state index contributed by atoms with van der Waals surface area (Å²) >= 11 is 0. The summed E-state index contributed by atoms with van der Waals surface area (Å²) in [6.45, 7) is 3.89. The molecular formula is C17H25FN4. The van der Waals surface area contributed by atoms with Gasteiger partial charge in [0.2, 0.25) is 0 Å². The van der Waals surface area contributed by atoms with Crippen LogP contribution in [0.1, 0.15) is 31.7 Å². The Morgan fingerprint density at radius 2 is 2.05 bits per heavy atom. The number of aromatic nitrogens is 1. The topological polar surface area (TPSA) is 52.2 Å². The lowest BCUT2D eigenvalue weighted by atomic mass is 10.1. The van der Waals surface area contributed by atoms with Crippen molar-refractivity contribution in [3.63, 3.8) is 0 Å². The maximum atomic E-state index is 13.3. The van der Waals surface area contributed by atoms with Gasteiger partial charge in [-0.25, -0.2) is 4.39 Å². The van der Waals surface area contributed by atoms with Crippen molar-refractivity contribution in [3.8, 4) is 0 Å². The van der Waals surface area contributed by atoms with Gasteiger partial charge in [-0.05, 0) is 36.6 Å². The maximum absolute atomic E-state index is 13.3. The predicted octanol–water partition coefficient (Wildman–Crippen LogP) is 3.20. The first-order valence-corrected chi connectivity index (χ1v) is 7.94. The molecule has 0 aliphatic heterocycles. The molecule has 0 bridgehead atoms. The number of aromatic amines is 1. The highest BCUT2D eigenvalue weighted by Gasteiger charge is 2.05. The number of rotatable bonds is 7. The number of hydrogen-bond acceptors (Lipinski definition) is 1. The quantitative estimate of drug-likeness (QED) is 0.418. The van der Waals surface area contributed by atoms with E-state index < -0.39 is 0 Å². The molecule has 5 heteroatoms. The number of benzene rings is 1. The van der Waals surface area contributed by atoms with Crippen molar-refractivity contribution < 1.29 is 4.39 Å². The molecule has 0 aliphatic rings. The van der Waals surface area contributed by atoms with Gasteiger partial charge in [-0.1, -0.05) is 19.8 Å². The van der Waals surface area contributed by atoms with Crippen LogP contribution >= 0.6 is 0 Å². The molecule has 2 rings (SSSR count). The van der Waals surface area contributed by atoms with Gasteiger partial charge in [0.05, 0.1) is 0 Å². The Morgan fingerprint density at radius 3 is 2.82 bits per heavy atom. The minimum absolute atomic E-state index is 0.199. The van der Waals surface area contributed by atoms with Gasteiger partial charge in [-0.15, -0.1) is 0 Å². The summed E-state index contributed by atoms with van der Waals surface area (Å²) in [4.78, 5) is 7.38. The normalized spacial score (nSPS) is 11.9. The van der Waals surface area contributed by atoms with Crippen LogP contribution in [0, 0.1) is 5.82 Å². The molecule has 1 aromatic heterocycles. The number of unbranched alkanes of at least 4 members (excludes halogenated alkanes) is 2. The van der Waals surface area contributed by atoms with E-state index in [1.165, 1.54) is 18.9 Å². The van der Waals surface area contributed by atoms with Gasteiger partial charge in [0.25, 0.3) is 0 Å². The molecule has 3 N–H and O–H groups in total. The molecule has 0 spiro atoms. The summed E-state index contributed by atoms with van der Waals surface area (Å²) in [6, 6.07) is 4.83. The van der Waals surface area contributed by atoms with Crippen LogP contribution in [0.25, 0.3) is 10.9 Å². The Labute approximate surface area is 131 Å². The van der Waals surface area contributed by atoms with Gasteiger partial charge in [-0.2, -0.15) is 0 Å². The molecule has 0 radical (unpaired) electrons. The summed E-state index contributed by atoms with van der Waals surface area (Å²) in [5.41, 5.74) is 2.09. The lowest BCUT2D eigenvalue weighted by Gasteiger charge is -2.11. The number of hydrogen-bond donors (Lipinski definition) is 3. The zero-order valence-corrected chi connectivity index (χ0v) is 13.4. The third-order valence-corrected chi connectivity index (χ3v) is 3.71. The van der Waals surface area contributed by atoms with Gasteiger partial charge >= 0.3 is 0 Å². The van der Waals surface area contributed by atoms with E-state index in [-0.39, 0.29) is 5.82 Å². The number of nitrogens with zero attached hydrogens (tertiary/aromatic N) is 1. The number of aliphatic imine (C=N–C) groups is 1. The molecule has 22 heavy (non-hydrogen) atoms. The third-order valence-electron chi connectivity index (χ3n) is 3.71. The Balaban J connectivity index is 1.82. The summed E-state index contributed by atoms with van der Waals surface area (Å²) in [5.74, 6) is 0.622. The highest BCUT2D eigenvalue weighted by atomic mass is 19.1. The SMILES string of the molecule is CCCCCNC(=NC)NCCc1c[nH]c2ccc(F)cc12. The predicted molar refractivity (Wildman–Crippen MR) is 90.9 cm³/mol. The second-order valence-corrected chi connectivity index (χ2v) is 5.39. The molecule has 4 nitrogen and oxygen atoms in total. The van der Waals surface area contributed by atoms with E-state index in [1.807, 2.05) is 6.20 Å². The molecule has 120 valence electrons. The second kappa shape index (κ2) is 8.41. The van der Waals surface area contributed by atoms with Crippen LogP contribution in [-0.2, 0) is 6.42 Å². The van der Waals surface area contributed by atoms with Gasteiger partial charge < -0.3 is 15.6 Å². The molecule has 2 aromatic rings. The number of guanidine groups is 1. The molecule has 0 unspecified atom stereocenters. The molecule has 0 aliphatic carbocycles. The summed E-state index contributed by atoms with van der Waals surface area (Å²) in [6.07, 6.45) is 6.36. The van der Waals surface area contributed by atoms with Crippen molar-refractivity contribution >= 4 is 16.9 Å². The Kier molecular flexibility index (Phi) is 6.25. The van der Waals surface area contributed by atoms with Gasteiger partial charge in [0.15, 0.2) is 5.96 Å². The van der Waals surface area contributed by atoms with Crippen LogP contribution in [0.2, 0.25) is 0 Å². The lowest BCUT2D eigenvalue weighted by molar-refractivity contribution is 0.629. The van der Waals surface area contributed by atoms with E-state index in [9.17, 15) is 4.39 Å². The van der Waals surface area contributed by atoms with E-state index in [4.69, 9.17) is 0 Å². The third kappa shape index (κ3) is 4.48. The van der Waals surface area contributed by atoms with E-state index >= 15 is 0 Å². The number of H-pyrrole nitrogens is 1. The maximum Gasteiger partial charge on any atom is 0.190 e. The fraction of sp³-hybridized carbons (Fsp3) is 0.471. The highest BCUT2D eigenvalue weighted by Crippen LogP contribution is 2.19. The zero-order chi connectivity index (χ0) is 15.8. The van der Waals surface area contributed by atoms with Gasteiger partial charge in [0, 0.05) is 37.2 Å². The van der Waals surface area contributed by atoms with Gasteiger partial charge in [-0.3, -0.25) is 4.99 Å². The molecule has 1 aromatic carbocycles. The monoisotopic (exact) mass is 304 g/mol. The minimum Gasteiger partial charge on any atom is -0.361 e. The van der Waals surface area contributed by atoms with Crippen molar-refractivity contribution in [2.45, 2.75) is 32.6 Å². The molecule has 0 atom stereocenters. The average molecular weight is 304 g/mol. The second-order valence-electron chi connectivity index (χ2n) is 5.39. The summed E-state index contributed by atoms with van der Waals surface area (Å²) < 4.78 is 13.3. The molecular weight excluding hydrogens is 279 g/mol. The van der Waals surface area contributed by atoms with Gasteiger partial charge in [0.1, 0.15) is 5.82 Å². The van der Waals surface area contributed by atoms with E-state index in [0.29, 0.717) is 0 Å². The fourth-order valence-electron chi connectivity index (χ4n) is 2.48. The molecule has 0 saturated heterocycles. The first-order valence-electron chi connectivity index (χ1n) is 7.94. The Bertz CT molecular complexity index is 618. The molecule has 0 amide bonds.